The molecule has 1 aliphatic carbocycles. The van der Waals surface area contributed by atoms with Crippen LogP contribution < -0.4 is 10.6 Å². The van der Waals surface area contributed by atoms with Crippen LogP contribution in [0, 0.1) is 11.8 Å². The minimum absolute atomic E-state index is 0.0875. The summed E-state index contributed by atoms with van der Waals surface area (Å²) in [6.07, 6.45) is 14.3. The second kappa shape index (κ2) is 11.4. The molecule has 1 saturated carbocycles. The molecule has 3 N–H and O–H groups in total. The molecule has 31 heavy (non-hydrogen) atoms. The molecule has 2 heterocycles. The number of aliphatic hydroxyl groups excluding tert-OH is 1. The van der Waals surface area contributed by atoms with Gasteiger partial charge in [0.2, 0.25) is 0 Å². The zero-order chi connectivity index (χ0) is 22.2. The van der Waals surface area contributed by atoms with Crippen molar-refractivity contribution in [2.24, 2.45) is 11.8 Å². The molecule has 0 aromatic carbocycles. The van der Waals surface area contributed by atoms with E-state index < -0.39 is 0 Å². The Morgan fingerprint density at radius 2 is 2.13 bits per heavy atom. The molecule has 0 saturated heterocycles. The standard InChI is InChI=1S/C25H39N5O/c1-5-19(6-2)11-14-27-13-9-7-8-10-20-16-22(23(31)18(20)3)30-15-12-21-24(26-4)28-17-29-25(21)30/h5-6,12,15,17-18,20,22-23,27,31H,1,7-11,13-14,16H2,2-4H3,(H,26,28,29)/b19-6+/t18-,20+,22-,23-/m1/s1. The fourth-order valence-electron chi connectivity index (χ4n) is 4.95. The molecule has 1 aliphatic rings. The molecule has 170 valence electrons. The maximum atomic E-state index is 11.0. The number of unbranched alkanes of at least 4 members (excludes halogenated alkanes) is 2. The maximum Gasteiger partial charge on any atom is 0.145 e. The van der Waals surface area contributed by atoms with Crippen LogP contribution in [0.5, 0.6) is 0 Å². The van der Waals surface area contributed by atoms with Crippen molar-refractivity contribution in [2.75, 3.05) is 25.5 Å². The van der Waals surface area contributed by atoms with Gasteiger partial charge in [0, 0.05) is 13.2 Å². The van der Waals surface area contributed by atoms with Gasteiger partial charge in [-0.15, -0.1) is 0 Å². The third-order valence-electron chi connectivity index (χ3n) is 6.98. The van der Waals surface area contributed by atoms with E-state index in [1.165, 1.54) is 31.3 Å². The van der Waals surface area contributed by atoms with Gasteiger partial charge in [0.05, 0.1) is 17.5 Å². The minimum atomic E-state index is -0.332. The highest BCUT2D eigenvalue weighted by molar-refractivity contribution is 5.87. The van der Waals surface area contributed by atoms with Gasteiger partial charge < -0.3 is 20.3 Å². The first kappa shape index (κ1) is 23.5. The quantitative estimate of drug-likeness (QED) is 0.339. The lowest BCUT2D eigenvalue weighted by Gasteiger charge is -2.19. The van der Waals surface area contributed by atoms with Gasteiger partial charge in [0.25, 0.3) is 0 Å². The number of nitrogens with one attached hydrogen (secondary N) is 2. The number of anilines is 1. The van der Waals surface area contributed by atoms with Crippen molar-refractivity contribution in [2.45, 2.75) is 64.5 Å². The summed E-state index contributed by atoms with van der Waals surface area (Å²) in [7, 11) is 1.87. The summed E-state index contributed by atoms with van der Waals surface area (Å²) in [6.45, 7) is 10.2. The molecule has 3 rings (SSSR count). The summed E-state index contributed by atoms with van der Waals surface area (Å²) >= 11 is 0. The Morgan fingerprint density at radius 1 is 1.29 bits per heavy atom. The lowest BCUT2D eigenvalue weighted by Crippen LogP contribution is -2.23. The number of aliphatic hydroxyl groups is 1. The number of aromatic nitrogens is 3. The van der Waals surface area contributed by atoms with E-state index in [1.807, 2.05) is 19.2 Å². The van der Waals surface area contributed by atoms with Gasteiger partial charge in [-0.25, -0.2) is 9.97 Å². The second-order valence-corrected chi connectivity index (χ2v) is 8.76. The van der Waals surface area contributed by atoms with Crippen LogP contribution in [0.1, 0.15) is 58.4 Å². The molecule has 0 spiro atoms. The molecule has 4 atom stereocenters. The molecule has 6 heteroatoms. The molecule has 6 nitrogen and oxygen atoms in total. The molecule has 0 aliphatic heterocycles. The Hall–Kier alpha value is -2.18. The van der Waals surface area contributed by atoms with Gasteiger partial charge in [0.15, 0.2) is 0 Å². The summed E-state index contributed by atoms with van der Waals surface area (Å²) < 4.78 is 2.16. The number of rotatable bonds is 12. The minimum Gasteiger partial charge on any atom is -0.391 e. The van der Waals surface area contributed by atoms with Crippen molar-refractivity contribution in [3.05, 3.63) is 42.9 Å². The average Bonchev–Trinajstić information content (AvgIpc) is 3.34. The van der Waals surface area contributed by atoms with Gasteiger partial charge in [-0.05, 0) is 57.2 Å². The fourth-order valence-corrected chi connectivity index (χ4v) is 4.95. The zero-order valence-electron chi connectivity index (χ0n) is 19.3. The summed E-state index contributed by atoms with van der Waals surface area (Å²) in [5.41, 5.74) is 2.21. The molecular weight excluding hydrogens is 386 g/mol. The number of hydrogen-bond donors (Lipinski definition) is 3. The molecule has 1 fully saturated rings. The van der Waals surface area contributed by atoms with Gasteiger partial charge in [-0.1, -0.05) is 50.5 Å². The lowest BCUT2D eigenvalue weighted by atomic mass is 9.91. The van der Waals surface area contributed by atoms with Crippen LogP contribution in [0.2, 0.25) is 0 Å². The van der Waals surface area contributed by atoms with E-state index in [1.54, 1.807) is 6.33 Å². The van der Waals surface area contributed by atoms with Crippen LogP contribution in [0.4, 0.5) is 5.82 Å². The summed E-state index contributed by atoms with van der Waals surface area (Å²) in [4.78, 5) is 8.79. The van der Waals surface area contributed by atoms with Crippen molar-refractivity contribution < 1.29 is 5.11 Å². The Bertz CT molecular complexity index is 874. The van der Waals surface area contributed by atoms with Crippen LogP contribution >= 0.6 is 0 Å². The normalized spacial score (nSPS) is 24.1. The highest BCUT2D eigenvalue weighted by Crippen LogP contribution is 2.43. The predicted octanol–water partition coefficient (Wildman–Crippen LogP) is 4.70. The monoisotopic (exact) mass is 425 g/mol. The highest BCUT2D eigenvalue weighted by atomic mass is 16.3. The fraction of sp³-hybridized carbons (Fsp3) is 0.600. The van der Waals surface area contributed by atoms with E-state index in [0.717, 1.165) is 42.8 Å². The number of hydrogen-bond acceptors (Lipinski definition) is 5. The van der Waals surface area contributed by atoms with Crippen LogP contribution in [0.25, 0.3) is 11.0 Å². The zero-order valence-corrected chi connectivity index (χ0v) is 19.3. The first-order chi connectivity index (χ1) is 15.1. The first-order valence-corrected chi connectivity index (χ1v) is 11.8. The summed E-state index contributed by atoms with van der Waals surface area (Å²) in [5, 5.41) is 18.6. The predicted molar refractivity (Wildman–Crippen MR) is 129 cm³/mol. The highest BCUT2D eigenvalue weighted by Gasteiger charge is 2.40. The van der Waals surface area contributed by atoms with Crippen molar-refractivity contribution in [1.29, 1.82) is 0 Å². The van der Waals surface area contributed by atoms with Crippen LogP contribution in [0.3, 0.4) is 0 Å². The van der Waals surface area contributed by atoms with Crippen LogP contribution in [-0.4, -0.2) is 45.9 Å². The maximum absolute atomic E-state index is 11.0. The number of allylic oxidation sites excluding steroid dienone is 2. The molecule has 2 aromatic rings. The Morgan fingerprint density at radius 3 is 2.87 bits per heavy atom. The third kappa shape index (κ3) is 5.55. The Kier molecular flexibility index (Phi) is 8.67. The van der Waals surface area contributed by atoms with Gasteiger partial charge in [-0.3, -0.25) is 0 Å². The molecule has 0 radical (unpaired) electrons. The average molecular weight is 426 g/mol. The molecular formula is C25H39N5O. The van der Waals surface area contributed by atoms with Crippen LogP contribution in [-0.2, 0) is 0 Å². The third-order valence-corrected chi connectivity index (χ3v) is 6.98. The van der Waals surface area contributed by atoms with Crippen molar-refractivity contribution >= 4 is 16.9 Å². The SMILES string of the molecule is C=C/C(=C\C)CCNCCCCC[C@H]1C[C@@H](n2ccc3c(NC)ncnc32)[C@H](O)[C@@H]1C. The second-order valence-electron chi connectivity index (χ2n) is 8.76. The van der Waals surface area contributed by atoms with E-state index in [2.05, 4.69) is 57.9 Å². The largest absolute Gasteiger partial charge is 0.391 e. The van der Waals surface area contributed by atoms with Gasteiger partial charge in [0.1, 0.15) is 17.8 Å². The van der Waals surface area contributed by atoms with Gasteiger partial charge >= 0.3 is 0 Å². The molecule has 2 aromatic heterocycles. The topological polar surface area (TPSA) is 75.0 Å². The van der Waals surface area contributed by atoms with E-state index >= 15 is 0 Å². The van der Waals surface area contributed by atoms with Crippen LogP contribution in [0.15, 0.2) is 42.9 Å². The van der Waals surface area contributed by atoms with Crippen molar-refractivity contribution in [3.8, 4) is 0 Å². The first-order valence-electron chi connectivity index (χ1n) is 11.8. The van der Waals surface area contributed by atoms with E-state index in [-0.39, 0.29) is 12.1 Å². The van der Waals surface area contributed by atoms with E-state index in [9.17, 15) is 5.11 Å². The lowest BCUT2D eigenvalue weighted by molar-refractivity contribution is 0.0945. The van der Waals surface area contributed by atoms with Crippen molar-refractivity contribution in [3.63, 3.8) is 0 Å². The molecule has 0 amide bonds. The summed E-state index contributed by atoms with van der Waals surface area (Å²) in [6, 6.07) is 2.14. The molecule has 0 bridgehead atoms. The molecule has 0 unspecified atom stereocenters. The summed E-state index contributed by atoms with van der Waals surface area (Å²) in [5.74, 6) is 1.70. The Balaban J connectivity index is 1.45. The van der Waals surface area contributed by atoms with Gasteiger partial charge in [-0.2, -0.15) is 0 Å². The number of nitrogens with zero attached hydrogens (tertiary/aromatic N) is 3. The Labute approximate surface area is 186 Å². The van der Waals surface area contributed by atoms with Crippen molar-refractivity contribution in [1.82, 2.24) is 19.9 Å². The smallest absolute Gasteiger partial charge is 0.145 e. The van der Waals surface area contributed by atoms with E-state index in [4.69, 9.17) is 0 Å². The van der Waals surface area contributed by atoms with E-state index in [0.29, 0.717) is 11.8 Å². The number of fused-ring (bicyclic) bond motifs is 1.